The Labute approximate surface area is 141 Å². The average molecular weight is 445 g/mol. The molecule has 9 heteroatoms. The van der Waals surface area contributed by atoms with Crippen LogP contribution in [0.2, 0.25) is 0 Å². The zero-order chi connectivity index (χ0) is 16.9. The van der Waals surface area contributed by atoms with Crippen molar-refractivity contribution in [3.05, 3.63) is 40.4 Å². The lowest BCUT2D eigenvalue weighted by atomic mass is 10.1. The maximum atomic E-state index is 13.9. The van der Waals surface area contributed by atoms with Gasteiger partial charge in [0.1, 0.15) is 4.60 Å². The Kier molecular flexibility index (Phi) is 6.86. The van der Waals surface area contributed by atoms with Crippen molar-refractivity contribution in [1.82, 2.24) is 15.0 Å². The number of nitrogens with zero attached hydrogens (tertiary/aromatic N) is 3. The Morgan fingerprint density at radius 2 is 1.68 bits per heavy atom. The fourth-order valence-electron chi connectivity index (χ4n) is 1.44. The lowest BCUT2D eigenvalue weighted by Gasteiger charge is -2.08. The quantitative estimate of drug-likeness (QED) is 0.354. The van der Waals surface area contributed by atoms with E-state index in [0.717, 1.165) is 12.4 Å². The Balaban J connectivity index is 0.00000116. The Morgan fingerprint density at radius 3 is 2.14 bits per heavy atom. The molecule has 2 heterocycles. The van der Waals surface area contributed by atoms with Gasteiger partial charge in [0.05, 0.1) is 5.69 Å². The maximum absolute atomic E-state index is 13.9. The van der Waals surface area contributed by atoms with Crippen LogP contribution in [-0.4, -0.2) is 15.0 Å². The van der Waals surface area contributed by atoms with Crippen molar-refractivity contribution in [1.29, 1.82) is 0 Å². The van der Waals surface area contributed by atoms with E-state index in [1.165, 1.54) is 6.07 Å². The summed E-state index contributed by atoms with van der Waals surface area (Å²) in [5.74, 6) is -1.95. The fourth-order valence-corrected chi connectivity index (χ4v) is 2.17. The summed E-state index contributed by atoms with van der Waals surface area (Å²) in [6, 6.07) is 1.42. The first-order valence-electron chi connectivity index (χ1n) is 6.13. The zero-order valence-corrected chi connectivity index (χ0v) is 14.7. The predicted molar refractivity (Wildman–Crippen MR) is 81.9 cm³/mol. The first kappa shape index (κ1) is 19.0. The normalized spacial score (nSPS) is 10.9. The lowest BCUT2D eigenvalue weighted by Crippen LogP contribution is -2.10. The highest BCUT2D eigenvalue weighted by Gasteiger charge is 2.34. The minimum Gasteiger partial charge on any atom is -0.242 e. The van der Waals surface area contributed by atoms with Crippen LogP contribution in [0.4, 0.5) is 17.6 Å². The Bertz CT molecular complexity index is 630. The molecule has 0 aliphatic carbocycles. The summed E-state index contributed by atoms with van der Waals surface area (Å²) in [5.41, 5.74) is 0.740. The molecule has 0 aromatic carbocycles. The molecule has 0 aliphatic rings. The monoisotopic (exact) mass is 443 g/mol. The highest BCUT2D eigenvalue weighted by molar-refractivity contribution is 9.10. The number of aromatic nitrogens is 3. The van der Waals surface area contributed by atoms with Crippen LogP contribution in [0.5, 0.6) is 0 Å². The van der Waals surface area contributed by atoms with Crippen molar-refractivity contribution in [2.24, 2.45) is 0 Å². The molecule has 22 heavy (non-hydrogen) atoms. The van der Waals surface area contributed by atoms with E-state index in [0.29, 0.717) is 11.0 Å². The number of rotatable bonds is 2. The molecule has 0 spiro atoms. The molecule has 3 nitrogen and oxygen atoms in total. The summed E-state index contributed by atoms with van der Waals surface area (Å²) >= 11 is 6.13. The molecule has 0 atom stereocenters. The van der Waals surface area contributed by atoms with E-state index < -0.39 is 17.8 Å². The standard InChI is InChI=1S/C11H5Br2F4N3.C2H6/c12-2-6-1-7(8(14)9(13)20-6)5-3-18-10(19-4-5)11(15,16)17;1-2/h1,3-4H,2H2;1-2H3. The van der Waals surface area contributed by atoms with Gasteiger partial charge in [0, 0.05) is 28.9 Å². The van der Waals surface area contributed by atoms with Gasteiger partial charge in [-0.2, -0.15) is 13.2 Å². The molecule has 0 N–H and O–H groups in total. The van der Waals surface area contributed by atoms with Crippen molar-refractivity contribution in [2.75, 3.05) is 0 Å². The topological polar surface area (TPSA) is 38.7 Å². The molecule has 0 aliphatic heterocycles. The molecule has 2 aromatic rings. The lowest BCUT2D eigenvalue weighted by molar-refractivity contribution is -0.144. The van der Waals surface area contributed by atoms with Crippen LogP contribution in [0.15, 0.2) is 23.1 Å². The van der Waals surface area contributed by atoms with Gasteiger partial charge in [-0.15, -0.1) is 0 Å². The van der Waals surface area contributed by atoms with Gasteiger partial charge in [-0.05, 0) is 22.0 Å². The van der Waals surface area contributed by atoms with E-state index in [4.69, 9.17) is 0 Å². The van der Waals surface area contributed by atoms with Crippen molar-refractivity contribution in [3.63, 3.8) is 0 Å². The van der Waals surface area contributed by atoms with Crippen LogP contribution >= 0.6 is 31.9 Å². The second-order valence-corrected chi connectivity index (χ2v) is 5.00. The van der Waals surface area contributed by atoms with Crippen LogP contribution in [0.25, 0.3) is 11.1 Å². The molecular formula is C13H11Br2F4N3. The summed E-state index contributed by atoms with van der Waals surface area (Å²) in [4.78, 5) is 10.3. The van der Waals surface area contributed by atoms with Gasteiger partial charge >= 0.3 is 6.18 Å². The second-order valence-electron chi connectivity index (χ2n) is 3.69. The highest BCUT2D eigenvalue weighted by Crippen LogP contribution is 2.30. The molecule has 2 rings (SSSR count). The third-order valence-corrected chi connectivity index (χ3v) is 3.42. The van der Waals surface area contributed by atoms with Gasteiger partial charge < -0.3 is 0 Å². The van der Waals surface area contributed by atoms with Crippen LogP contribution in [0.3, 0.4) is 0 Å². The van der Waals surface area contributed by atoms with Crippen molar-refractivity contribution in [2.45, 2.75) is 25.4 Å². The van der Waals surface area contributed by atoms with Crippen LogP contribution in [-0.2, 0) is 11.5 Å². The predicted octanol–water partition coefficient (Wildman–Crippen LogP) is 5.38. The molecule has 0 fully saturated rings. The van der Waals surface area contributed by atoms with Gasteiger partial charge in [0.2, 0.25) is 5.82 Å². The third kappa shape index (κ3) is 4.45. The largest absolute Gasteiger partial charge is 0.451 e. The molecular weight excluding hydrogens is 434 g/mol. The molecule has 0 unspecified atom stereocenters. The first-order valence-corrected chi connectivity index (χ1v) is 8.05. The molecule has 0 saturated carbocycles. The summed E-state index contributed by atoms with van der Waals surface area (Å²) in [6.07, 6.45) is -2.77. The van der Waals surface area contributed by atoms with Gasteiger partial charge in [-0.1, -0.05) is 29.8 Å². The van der Waals surface area contributed by atoms with Crippen LogP contribution in [0.1, 0.15) is 25.4 Å². The minimum absolute atomic E-state index is 0.0238. The van der Waals surface area contributed by atoms with E-state index in [1.54, 1.807) is 0 Å². The Hall–Kier alpha value is -1.09. The van der Waals surface area contributed by atoms with Crippen molar-refractivity contribution >= 4 is 31.9 Å². The average Bonchev–Trinajstić information content (AvgIpc) is 2.51. The molecule has 0 amide bonds. The third-order valence-electron chi connectivity index (χ3n) is 2.32. The summed E-state index contributed by atoms with van der Waals surface area (Å²) in [7, 11) is 0. The number of alkyl halides is 4. The maximum Gasteiger partial charge on any atom is 0.451 e. The van der Waals surface area contributed by atoms with Gasteiger partial charge in [-0.25, -0.2) is 19.3 Å². The van der Waals surface area contributed by atoms with Crippen LogP contribution < -0.4 is 0 Å². The SMILES string of the molecule is CC.Fc1c(-c2cnc(C(F)(F)F)nc2)cc(CBr)nc1Br. The van der Waals surface area contributed by atoms with Crippen molar-refractivity contribution in [3.8, 4) is 11.1 Å². The molecule has 0 saturated heterocycles. The number of hydrogen-bond acceptors (Lipinski definition) is 3. The van der Waals surface area contributed by atoms with Gasteiger partial charge in [0.25, 0.3) is 0 Å². The highest BCUT2D eigenvalue weighted by atomic mass is 79.9. The number of hydrogen-bond donors (Lipinski definition) is 0. The molecule has 0 radical (unpaired) electrons. The zero-order valence-electron chi connectivity index (χ0n) is 11.5. The number of pyridine rings is 1. The van der Waals surface area contributed by atoms with Crippen LogP contribution in [0, 0.1) is 5.82 Å². The van der Waals surface area contributed by atoms with Gasteiger partial charge in [0.15, 0.2) is 5.82 Å². The Morgan fingerprint density at radius 1 is 1.14 bits per heavy atom. The molecule has 120 valence electrons. The van der Waals surface area contributed by atoms with E-state index in [-0.39, 0.29) is 15.7 Å². The smallest absolute Gasteiger partial charge is 0.242 e. The number of halogens is 6. The van der Waals surface area contributed by atoms with E-state index in [1.807, 2.05) is 13.8 Å². The summed E-state index contributed by atoms with van der Waals surface area (Å²) in [6.45, 7) is 4.00. The van der Waals surface area contributed by atoms with Crippen molar-refractivity contribution < 1.29 is 17.6 Å². The summed E-state index contributed by atoms with van der Waals surface area (Å²) < 4.78 is 51.0. The second kappa shape index (κ2) is 7.96. The van der Waals surface area contributed by atoms with E-state index >= 15 is 0 Å². The van der Waals surface area contributed by atoms with E-state index in [2.05, 4.69) is 46.8 Å². The van der Waals surface area contributed by atoms with Gasteiger partial charge in [-0.3, -0.25) is 0 Å². The molecule has 2 aromatic heterocycles. The first-order chi connectivity index (χ1) is 10.3. The van der Waals surface area contributed by atoms with E-state index in [9.17, 15) is 17.6 Å². The fraction of sp³-hybridized carbons (Fsp3) is 0.308. The molecule has 0 bridgehead atoms. The minimum atomic E-state index is -4.63. The summed E-state index contributed by atoms with van der Waals surface area (Å²) in [5, 5.41) is 0.375.